The summed E-state index contributed by atoms with van der Waals surface area (Å²) >= 11 is 1.73. The predicted molar refractivity (Wildman–Crippen MR) is 120 cm³/mol. The van der Waals surface area contributed by atoms with Gasteiger partial charge in [0, 0.05) is 10.6 Å². The van der Waals surface area contributed by atoms with E-state index in [0.717, 1.165) is 17.1 Å². The molecule has 0 fully saturated rings. The van der Waals surface area contributed by atoms with Gasteiger partial charge in [-0.05, 0) is 52.9 Å². The molecular weight excluding hydrogens is 380 g/mol. The van der Waals surface area contributed by atoms with Crippen LogP contribution in [0.1, 0.15) is 23.6 Å². The molecule has 0 heterocycles. The maximum absolute atomic E-state index is 10.6. The predicted octanol–water partition coefficient (Wildman–Crippen LogP) is 5.94. The van der Waals surface area contributed by atoms with Crippen LogP contribution in [0.5, 0.6) is 5.75 Å². The average Bonchev–Trinajstić information content (AvgIpc) is 2.76. The van der Waals surface area contributed by atoms with Gasteiger partial charge in [-0.1, -0.05) is 67.6 Å². The third kappa shape index (κ3) is 6.26. The number of rotatable bonds is 9. The Morgan fingerprint density at radius 2 is 1.69 bits per heavy atom. The second-order valence-corrected chi connectivity index (χ2v) is 7.60. The molecule has 0 aliphatic heterocycles. The molecule has 3 nitrogen and oxygen atoms in total. The molecule has 3 rings (SSSR count). The van der Waals surface area contributed by atoms with Gasteiger partial charge in [0.15, 0.2) is 6.61 Å². The van der Waals surface area contributed by atoms with Crippen molar-refractivity contribution in [3.8, 4) is 5.75 Å². The second kappa shape index (κ2) is 10.5. The summed E-state index contributed by atoms with van der Waals surface area (Å²) in [5, 5.41) is 8.68. The number of hydrogen-bond acceptors (Lipinski definition) is 3. The normalized spacial score (nSPS) is 11.3. The minimum absolute atomic E-state index is 0.327. The summed E-state index contributed by atoms with van der Waals surface area (Å²) < 4.78 is 5.18. The minimum atomic E-state index is -0.978. The molecule has 4 heteroatoms. The summed E-state index contributed by atoms with van der Waals surface area (Å²) in [6.45, 7) is 1.84. The molecule has 3 aromatic rings. The van der Waals surface area contributed by atoms with Crippen molar-refractivity contribution in [3.05, 3.63) is 102 Å². The topological polar surface area (TPSA) is 46.5 Å². The van der Waals surface area contributed by atoms with E-state index in [1.54, 1.807) is 23.9 Å². The number of carboxylic acid groups (broad SMARTS) is 1. The molecule has 0 aliphatic rings. The first-order chi connectivity index (χ1) is 14.2. The van der Waals surface area contributed by atoms with Gasteiger partial charge < -0.3 is 9.84 Å². The van der Waals surface area contributed by atoms with Crippen LogP contribution in [0.15, 0.2) is 89.8 Å². The Balaban J connectivity index is 1.74. The highest BCUT2D eigenvalue weighted by Gasteiger charge is 2.06. The lowest BCUT2D eigenvalue weighted by atomic mass is 9.96. The number of aliphatic carboxylic acids is 1. The first-order valence-corrected chi connectivity index (χ1v) is 10.6. The Bertz CT molecular complexity index is 963. The summed E-state index contributed by atoms with van der Waals surface area (Å²) in [6.07, 6.45) is 3.28. The van der Waals surface area contributed by atoms with Gasteiger partial charge in [-0.2, -0.15) is 0 Å². The minimum Gasteiger partial charge on any atom is -0.482 e. The number of hydrogen-bond donors (Lipinski definition) is 1. The van der Waals surface area contributed by atoms with Gasteiger partial charge in [0.2, 0.25) is 0 Å². The highest BCUT2D eigenvalue weighted by Crippen LogP contribution is 2.27. The van der Waals surface area contributed by atoms with Crippen LogP contribution in [-0.4, -0.2) is 23.4 Å². The molecule has 0 atom stereocenters. The zero-order valence-corrected chi connectivity index (χ0v) is 17.2. The standard InChI is InChI=1S/C25H24O3S/c1-2-19-7-6-10-21(17-19)24(20-8-4-3-5-9-20)15-16-29-23-13-11-22(12-14-23)28-18-25(26)27/h3-15,17H,2,16,18H2,1H3,(H,26,27)/b24-15+. The van der Waals surface area contributed by atoms with Crippen LogP contribution in [0.4, 0.5) is 0 Å². The molecule has 0 aromatic heterocycles. The fraction of sp³-hybridized carbons (Fsp3) is 0.160. The number of carbonyl (C=O) groups is 1. The maximum Gasteiger partial charge on any atom is 0.341 e. The van der Waals surface area contributed by atoms with Gasteiger partial charge in [0.1, 0.15) is 5.75 Å². The van der Waals surface area contributed by atoms with Crippen molar-refractivity contribution < 1.29 is 14.6 Å². The molecule has 0 bridgehead atoms. The van der Waals surface area contributed by atoms with Crippen molar-refractivity contribution in [3.63, 3.8) is 0 Å². The molecule has 0 aliphatic carbocycles. The van der Waals surface area contributed by atoms with Crippen molar-refractivity contribution in [2.45, 2.75) is 18.2 Å². The fourth-order valence-electron chi connectivity index (χ4n) is 2.98. The van der Waals surface area contributed by atoms with E-state index >= 15 is 0 Å². The van der Waals surface area contributed by atoms with Crippen molar-refractivity contribution in [1.82, 2.24) is 0 Å². The Labute approximate surface area is 176 Å². The fourth-order valence-corrected chi connectivity index (χ4v) is 3.75. The molecule has 0 spiro atoms. The maximum atomic E-state index is 10.6. The van der Waals surface area contributed by atoms with Crippen LogP contribution in [0.2, 0.25) is 0 Å². The van der Waals surface area contributed by atoms with E-state index < -0.39 is 5.97 Å². The third-order valence-electron chi connectivity index (χ3n) is 4.45. The Hall–Kier alpha value is -2.98. The third-order valence-corrected chi connectivity index (χ3v) is 5.39. The summed E-state index contributed by atoms with van der Waals surface area (Å²) in [6, 6.07) is 26.7. The highest BCUT2D eigenvalue weighted by molar-refractivity contribution is 7.99. The van der Waals surface area contributed by atoms with Crippen LogP contribution in [-0.2, 0) is 11.2 Å². The number of aryl methyl sites for hydroxylation is 1. The summed E-state index contributed by atoms with van der Waals surface area (Å²) in [7, 11) is 0. The molecule has 148 valence electrons. The van der Waals surface area contributed by atoms with E-state index in [2.05, 4.69) is 61.5 Å². The van der Waals surface area contributed by atoms with Crippen molar-refractivity contribution in [2.24, 2.45) is 0 Å². The van der Waals surface area contributed by atoms with Crippen LogP contribution in [0, 0.1) is 0 Å². The molecular formula is C25H24O3S. The largest absolute Gasteiger partial charge is 0.482 e. The average molecular weight is 405 g/mol. The van der Waals surface area contributed by atoms with Crippen molar-refractivity contribution in [2.75, 3.05) is 12.4 Å². The quantitative estimate of drug-likeness (QED) is 0.449. The monoisotopic (exact) mass is 404 g/mol. The smallest absolute Gasteiger partial charge is 0.341 e. The molecule has 0 unspecified atom stereocenters. The lowest BCUT2D eigenvalue weighted by Crippen LogP contribution is -2.09. The van der Waals surface area contributed by atoms with Crippen LogP contribution in [0.3, 0.4) is 0 Å². The Morgan fingerprint density at radius 1 is 0.966 bits per heavy atom. The second-order valence-electron chi connectivity index (χ2n) is 6.50. The number of thioether (sulfide) groups is 1. The molecule has 1 N–H and O–H groups in total. The molecule has 0 amide bonds. The van der Waals surface area contributed by atoms with Crippen LogP contribution < -0.4 is 4.74 Å². The summed E-state index contributed by atoms with van der Waals surface area (Å²) in [5.41, 5.74) is 5.00. The van der Waals surface area contributed by atoms with E-state index in [1.807, 2.05) is 18.2 Å². The van der Waals surface area contributed by atoms with Gasteiger partial charge in [0.05, 0.1) is 0 Å². The van der Waals surface area contributed by atoms with Gasteiger partial charge in [-0.15, -0.1) is 11.8 Å². The van der Waals surface area contributed by atoms with E-state index in [1.165, 1.54) is 22.3 Å². The number of ether oxygens (including phenoxy) is 1. The lowest BCUT2D eigenvalue weighted by Gasteiger charge is -2.11. The van der Waals surface area contributed by atoms with Crippen LogP contribution >= 0.6 is 11.8 Å². The van der Waals surface area contributed by atoms with Gasteiger partial charge in [-0.25, -0.2) is 4.79 Å². The van der Waals surface area contributed by atoms with E-state index in [9.17, 15) is 4.79 Å². The van der Waals surface area contributed by atoms with E-state index in [0.29, 0.717) is 5.75 Å². The van der Waals surface area contributed by atoms with Gasteiger partial charge in [-0.3, -0.25) is 0 Å². The zero-order chi connectivity index (χ0) is 20.5. The van der Waals surface area contributed by atoms with Crippen LogP contribution in [0.25, 0.3) is 5.57 Å². The Morgan fingerprint density at radius 3 is 2.38 bits per heavy atom. The lowest BCUT2D eigenvalue weighted by molar-refractivity contribution is -0.139. The van der Waals surface area contributed by atoms with Crippen molar-refractivity contribution in [1.29, 1.82) is 0 Å². The highest BCUT2D eigenvalue weighted by atomic mass is 32.2. The van der Waals surface area contributed by atoms with Crippen molar-refractivity contribution >= 4 is 23.3 Å². The molecule has 29 heavy (non-hydrogen) atoms. The SMILES string of the molecule is CCc1cccc(/C(=C/CSc2ccc(OCC(=O)O)cc2)c2ccccc2)c1. The van der Waals surface area contributed by atoms with E-state index in [-0.39, 0.29) is 6.61 Å². The first kappa shape index (κ1) is 20.7. The Kier molecular flexibility index (Phi) is 7.54. The van der Waals surface area contributed by atoms with Gasteiger partial charge in [0.25, 0.3) is 0 Å². The first-order valence-electron chi connectivity index (χ1n) is 9.58. The van der Waals surface area contributed by atoms with Gasteiger partial charge >= 0.3 is 5.97 Å². The molecule has 3 aromatic carbocycles. The molecule has 0 saturated carbocycles. The molecule has 0 saturated heterocycles. The molecule has 0 radical (unpaired) electrons. The zero-order valence-electron chi connectivity index (χ0n) is 16.4. The summed E-state index contributed by atoms with van der Waals surface area (Å²) in [5.74, 6) is 0.415. The number of carboxylic acids is 1. The number of benzene rings is 3. The van der Waals surface area contributed by atoms with E-state index in [4.69, 9.17) is 9.84 Å². The summed E-state index contributed by atoms with van der Waals surface area (Å²) in [4.78, 5) is 11.7.